The fourth-order valence-electron chi connectivity index (χ4n) is 1.19. The predicted octanol–water partition coefficient (Wildman–Crippen LogP) is 2.49. The molecule has 2 aromatic rings. The number of hydrogen-bond donors (Lipinski definition) is 1. The average molecular weight is 268 g/mol. The molecule has 0 aliphatic heterocycles. The van der Waals surface area contributed by atoms with Gasteiger partial charge in [0.1, 0.15) is 5.01 Å². The molecule has 0 spiro atoms. The lowest BCUT2D eigenvalue weighted by molar-refractivity contribution is -0.385. The summed E-state index contributed by atoms with van der Waals surface area (Å²) in [5, 5.41) is 19.3. The molecule has 0 saturated carbocycles. The number of nitrogens with zero attached hydrogens (tertiary/aromatic N) is 3. The molecule has 0 fully saturated rings. The normalized spacial score (nSPS) is 10.4. The monoisotopic (exact) mass is 268 g/mol. The summed E-state index contributed by atoms with van der Waals surface area (Å²) in [7, 11) is 0. The molecule has 0 atom stereocenters. The number of nitro groups is 1. The van der Waals surface area contributed by atoms with Gasteiger partial charge in [-0.05, 0) is 13.0 Å². The molecule has 0 bridgehead atoms. The van der Waals surface area contributed by atoms with E-state index in [1.54, 1.807) is 6.07 Å². The van der Waals surface area contributed by atoms with Crippen molar-refractivity contribution < 1.29 is 4.92 Å². The molecule has 0 saturated heterocycles. The Kier molecular flexibility index (Phi) is 3.25. The van der Waals surface area contributed by atoms with Crippen LogP contribution in [0.15, 0.2) is 27.4 Å². The van der Waals surface area contributed by atoms with E-state index in [-0.39, 0.29) is 5.69 Å². The van der Waals surface area contributed by atoms with Gasteiger partial charge in [-0.2, -0.15) is 0 Å². The van der Waals surface area contributed by atoms with Crippen molar-refractivity contribution >= 4 is 34.5 Å². The van der Waals surface area contributed by atoms with Gasteiger partial charge < -0.3 is 5.73 Å². The minimum Gasteiger partial charge on any atom is -0.398 e. The van der Waals surface area contributed by atoms with E-state index < -0.39 is 4.92 Å². The lowest BCUT2D eigenvalue weighted by Crippen LogP contribution is -1.92. The van der Waals surface area contributed by atoms with Gasteiger partial charge >= 0.3 is 0 Å². The average Bonchev–Trinajstić information content (AvgIpc) is 2.63. The van der Waals surface area contributed by atoms with Gasteiger partial charge in [0.05, 0.1) is 4.92 Å². The second-order valence-electron chi connectivity index (χ2n) is 3.21. The molecular weight excluding hydrogens is 260 g/mol. The summed E-state index contributed by atoms with van der Waals surface area (Å²) < 4.78 is 0.738. The third-order valence-electron chi connectivity index (χ3n) is 1.84. The fourth-order valence-corrected chi connectivity index (χ4v) is 3.08. The SMILES string of the molecule is Cc1nnc(Sc2cc(N)cc([N+](=O)[O-])c2)s1. The molecule has 17 heavy (non-hydrogen) atoms. The predicted molar refractivity (Wildman–Crippen MR) is 66.3 cm³/mol. The van der Waals surface area contributed by atoms with Crippen LogP contribution in [0.25, 0.3) is 0 Å². The third-order valence-corrected chi connectivity index (χ3v) is 3.70. The summed E-state index contributed by atoms with van der Waals surface area (Å²) in [6, 6.07) is 4.47. The summed E-state index contributed by atoms with van der Waals surface area (Å²) in [5.74, 6) is 0. The Morgan fingerprint density at radius 2 is 2.18 bits per heavy atom. The summed E-state index contributed by atoms with van der Waals surface area (Å²) >= 11 is 2.75. The van der Waals surface area contributed by atoms with E-state index in [4.69, 9.17) is 5.73 Å². The molecule has 6 nitrogen and oxygen atoms in total. The number of nitro benzene ring substituents is 1. The van der Waals surface area contributed by atoms with E-state index in [0.29, 0.717) is 10.6 Å². The van der Waals surface area contributed by atoms with Crippen molar-refractivity contribution in [1.29, 1.82) is 0 Å². The Labute approximate surface area is 105 Å². The first-order chi connectivity index (χ1) is 8.04. The molecule has 2 N–H and O–H groups in total. The molecule has 1 heterocycles. The molecule has 0 radical (unpaired) electrons. The lowest BCUT2D eigenvalue weighted by Gasteiger charge is -1.99. The molecule has 1 aromatic carbocycles. The van der Waals surface area contributed by atoms with Crippen molar-refractivity contribution in [3.63, 3.8) is 0 Å². The minimum atomic E-state index is -0.466. The molecule has 88 valence electrons. The molecule has 8 heteroatoms. The van der Waals surface area contributed by atoms with E-state index in [1.165, 1.54) is 35.2 Å². The van der Waals surface area contributed by atoms with Crippen LogP contribution in [-0.4, -0.2) is 15.1 Å². The molecule has 0 aliphatic rings. The minimum absolute atomic E-state index is 0.0197. The number of anilines is 1. The molecule has 0 amide bonds. The summed E-state index contributed by atoms with van der Waals surface area (Å²) in [6.07, 6.45) is 0. The number of nitrogen functional groups attached to an aromatic ring is 1. The van der Waals surface area contributed by atoms with Gasteiger partial charge in [-0.15, -0.1) is 10.2 Å². The quantitative estimate of drug-likeness (QED) is 0.522. The zero-order chi connectivity index (χ0) is 12.4. The Morgan fingerprint density at radius 3 is 2.76 bits per heavy atom. The number of rotatable bonds is 3. The van der Waals surface area contributed by atoms with Gasteiger partial charge in [0, 0.05) is 22.7 Å². The summed E-state index contributed by atoms with van der Waals surface area (Å²) in [5.41, 5.74) is 5.95. The highest BCUT2D eigenvalue weighted by molar-refractivity contribution is 8.01. The van der Waals surface area contributed by atoms with Crippen LogP contribution in [0.4, 0.5) is 11.4 Å². The van der Waals surface area contributed by atoms with E-state index in [9.17, 15) is 10.1 Å². The van der Waals surface area contributed by atoms with Crippen LogP contribution >= 0.6 is 23.1 Å². The van der Waals surface area contributed by atoms with Crippen molar-refractivity contribution in [1.82, 2.24) is 10.2 Å². The zero-order valence-corrected chi connectivity index (χ0v) is 10.4. The highest BCUT2D eigenvalue weighted by Crippen LogP contribution is 2.33. The first-order valence-corrected chi connectivity index (χ1v) is 6.21. The van der Waals surface area contributed by atoms with Gasteiger partial charge in [-0.3, -0.25) is 10.1 Å². The number of aryl methyl sites for hydroxylation is 1. The highest BCUT2D eigenvalue weighted by atomic mass is 32.2. The molecule has 2 rings (SSSR count). The van der Waals surface area contributed by atoms with E-state index in [1.807, 2.05) is 6.92 Å². The molecule has 1 aromatic heterocycles. The van der Waals surface area contributed by atoms with Gasteiger partial charge in [0.25, 0.3) is 5.69 Å². The van der Waals surface area contributed by atoms with Crippen LogP contribution in [0.3, 0.4) is 0 Å². The number of benzene rings is 1. The first-order valence-electron chi connectivity index (χ1n) is 4.57. The maximum atomic E-state index is 10.7. The highest BCUT2D eigenvalue weighted by Gasteiger charge is 2.11. The second-order valence-corrected chi connectivity index (χ2v) is 5.71. The van der Waals surface area contributed by atoms with Gasteiger partial charge in [-0.1, -0.05) is 23.1 Å². The number of aromatic nitrogens is 2. The largest absolute Gasteiger partial charge is 0.398 e. The van der Waals surface area contributed by atoms with Crippen molar-refractivity contribution in [2.45, 2.75) is 16.2 Å². The van der Waals surface area contributed by atoms with E-state index in [2.05, 4.69) is 10.2 Å². The Bertz CT molecular complexity index is 570. The molecular formula is C9H8N4O2S2. The van der Waals surface area contributed by atoms with Crippen LogP contribution in [0.5, 0.6) is 0 Å². The Balaban J connectivity index is 2.29. The maximum absolute atomic E-state index is 10.7. The Hall–Kier alpha value is -1.67. The summed E-state index contributed by atoms with van der Waals surface area (Å²) in [6.45, 7) is 1.85. The van der Waals surface area contributed by atoms with Gasteiger partial charge in [0.15, 0.2) is 4.34 Å². The zero-order valence-electron chi connectivity index (χ0n) is 8.78. The van der Waals surface area contributed by atoms with Crippen LogP contribution in [0, 0.1) is 17.0 Å². The van der Waals surface area contributed by atoms with Crippen molar-refractivity contribution in [3.05, 3.63) is 33.3 Å². The van der Waals surface area contributed by atoms with Crippen LogP contribution in [0.1, 0.15) is 5.01 Å². The number of non-ortho nitro benzene ring substituents is 1. The van der Waals surface area contributed by atoms with Crippen molar-refractivity contribution in [2.24, 2.45) is 0 Å². The number of nitrogens with two attached hydrogens (primary N) is 1. The van der Waals surface area contributed by atoms with Crippen molar-refractivity contribution in [3.8, 4) is 0 Å². The molecule has 0 unspecified atom stereocenters. The molecule has 0 aliphatic carbocycles. The van der Waals surface area contributed by atoms with Gasteiger partial charge in [-0.25, -0.2) is 0 Å². The van der Waals surface area contributed by atoms with Crippen molar-refractivity contribution in [2.75, 3.05) is 5.73 Å². The maximum Gasteiger partial charge on any atom is 0.272 e. The standard InChI is InChI=1S/C9H8N4O2S2/c1-5-11-12-9(16-5)17-8-3-6(10)2-7(4-8)13(14)15/h2-4H,10H2,1H3. The topological polar surface area (TPSA) is 94.9 Å². The van der Waals surface area contributed by atoms with Gasteiger partial charge in [0.2, 0.25) is 0 Å². The van der Waals surface area contributed by atoms with E-state index >= 15 is 0 Å². The first kappa shape index (κ1) is 11.8. The second kappa shape index (κ2) is 4.68. The van der Waals surface area contributed by atoms with Crippen LogP contribution < -0.4 is 5.73 Å². The summed E-state index contributed by atoms with van der Waals surface area (Å²) in [4.78, 5) is 10.9. The van der Waals surface area contributed by atoms with Crippen LogP contribution in [0.2, 0.25) is 0 Å². The fraction of sp³-hybridized carbons (Fsp3) is 0.111. The smallest absolute Gasteiger partial charge is 0.272 e. The lowest BCUT2D eigenvalue weighted by atomic mass is 10.3. The van der Waals surface area contributed by atoms with E-state index in [0.717, 1.165) is 9.35 Å². The third kappa shape index (κ3) is 2.92. The number of hydrogen-bond acceptors (Lipinski definition) is 7. The Morgan fingerprint density at radius 1 is 1.41 bits per heavy atom. The van der Waals surface area contributed by atoms with Crippen LogP contribution in [-0.2, 0) is 0 Å².